The Morgan fingerprint density at radius 1 is 1.21 bits per heavy atom. The number of amides is 2. The maximum absolute atomic E-state index is 12.9. The smallest absolute Gasteiger partial charge is 0.257 e. The fourth-order valence-electron chi connectivity index (χ4n) is 4.19. The van der Waals surface area contributed by atoms with Crippen molar-refractivity contribution in [3.05, 3.63) is 64.2 Å². The minimum Gasteiger partial charge on any atom is -0.351 e. The van der Waals surface area contributed by atoms with Crippen LogP contribution >= 0.6 is 11.6 Å². The molecular weight excluding hydrogens is 374 g/mol. The van der Waals surface area contributed by atoms with E-state index in [1.54, 1.807) is 18.2 Å². The van der Waals surface area contributed by atoms with E-state index in [2.05, 4.69) is 17.1 Å². The molecule has 2 aromatic carbocycles. The molecule has 0 spiro atoms. The zero-order valence-corrected chi connectivity index (χ0v) is 16.7. The van der Waals surface area contributed by atoms with E-state index in [1.807, 2.05) is 29.2 Å². The third-order valence-corrected chi connectivity index (χ3v) is 5.81. The topological polar surface area (TPSA) is 52.7 Å². The third-order valence-electron chi connectivity index (χ3n) is 5.57. The predicted molar refractivity (Wildman–Crippen MR) is 111 cm³/mol. The number of piperidine rings is 1. The zero-order chi connectivity index (χ0) is 19.7. The molecule has 0 radical (unpaired) electrons. The van der Waals surface area contributed by atoms with E-state index < -0.39 is 0 Å². The Labute approximate surface area is 170 Å². The number of nitrogens with one attached hydrogen (secondary N) is 1. The Morgan fingerprint density at radius 2 is 2.07 bits per heavy atom. The second kappa shape index (κ2) is 7.84. The summed E-state index contributed by atoms with van der Waals surface area (Å²) in [5, 5.41) is 3.59. The summed E-state index contributed by atoms with van der Waals surface area (Å²) < 4.78 is 0. The van der Waals surface area contributed by atoms with Gasteiger partial charge in [0.1, 0.15) is 6.17 Å². The fraction of sp³-hybridized carbons (Fsp3) is 0.364. The van der Waals surface area contributed by atoms with Crippen LogP contribution in [-0.4, -0.2) is 36.0 Å². The number of anilines is 1. The summed E-state index contributed by atoms with van der Waals surface area (Å²) in [5.41, 5.74) is 3.07. The first kappa shape index (κ1) is 18.8. The number of hydrogen-bond acceptors (Lipinski definition) is 3. The number of nitrogens with zero attached hydrogens (tertiary/aromatic N) is 2. The molecule has 0 aromatic heterocycles. The number of carbonyl (C=O) groups excluding carboxylic acids is 2. The summed E-state index contributed by atoms with van der Waals surface area (Å²) in [6, 6.07) is 12.8. The first-order chi connectivity index (χ1) is 13.6. The largest absolute Gasteiger partial charge is 0.351 e. The minimum atomic E-state index is -0.155. The molecule has 0 unspecified atom stereocenters. The van der Waals surface area contributed by atoms with Crippen LogP contribution in [0.25, 0.3) is 0 Å². The summed E-state index contributed by atoms with van der Waals surface area (Å²) >= 11 is 6.00. The van der Waals surface area contributed by atoms with Crippen molar-refractivity contribution in [2.45, 2.75) is 38.9 Å². The highest BCUT2D eigenvalue weighted by atomic mass is 35.5. The monoisotopic (exact) mass is 397 g/mol. The molecule has 0 bridgehead atoms. The van der Waals surface area contributed by atoms with E-state index in [4.69, 9.17) is 11.6 Å². The van der Waals surface area contributed by atoms with E-state index in [9.17, 15) is 9.59 Å². The molecule has 1 N–H and O–H groups in total. The van der Waals surface area contributed by atoms with Crippen molar-refractivity contribution in [2.75, 3.05) is 18.0 Å². The second-order valence-corrected chi connectivity index (χ2v) is 7.74. The van der Waals surface area contributed by atoms with E-state index >= 15 is 0 Å². The number of hydrogen-bond donors (Lipinski definition) is 1. The van der Waals surface area contributed by atoms with Crippen molar-refractivity contribution >= 4 is 29.1 Å². The normalized spacial score (nSPS) is 18.5. The molecule has 5 nitrogen and oxygen atoms in total. The molecule has 28 heavy (non-hydrogen) atoms. The maximum atomic E-state index is 12.9. The van der Waals surface area contributed by atoms with E-state index in [0.717, 1.165) is 43.6 Å². The summed E-state index contributed by atoms with van der Waals surface area (Å²) in [4.78, 5) is 29.8. The van der Waals surface area contributed by atoms with Gasteiger partial charge in [-0.2, -0.15) is 0 Å². The van der Waals surface area contributed by atoms with Crippen LogP contribution < -0.4 is 10.2 Å². The Bertz CT molecular complexity index is 914. The Morgan fingerprint density at radius 3 is 2.86 bits per heavy atom. The number of rotatable bonds is 4. The average Bonchev–Trinajstić information content (AvgIpc) is 2.72. The lowest BCUT2D eigenvalue weighted by Gasteiger charge is -2.47. The molecule has 1 fully saturated rings. The number of halogens is 1. The van der Waals surface area contributed by atoms with Crippen LogP contribution in [0.3, 0.4) is 0 Å². The van der Waals surface area contributed by atoms with Gasteiger partial charge in [-0.25, -0.2) is 0 Å². The van der Waals surface area contributed by atoms with Crippen LogP contribution in [0.4, 0.5) is 5.69 Å². The van der Waals surface area contributed by atoms with Gasteiger partial charge in [-0.3, -0.25) is 9.59 Å². The standard InChI is InChI=1S/C22H24ClN3O2/c1-2-25-19-13-16(21(27)24-14-15-6-5-7-17(23)12-15)9-10-18(19)22(28)26-11-4-3-8-20(25)26/h5-7,9-10,12-13,20H,2-4,8,11,14H2,1H3,(H,24,27)/t20-/m1/s1. The molecule has 1 atom stereocenters. The number of benzene rings is 2. The van der Waals surface area contributed by atoms with Crippen molar-refractivity contribution in [3.8, 4) is 0 Å². The van der Waals surface area contributed by atoms with Gasteiger partial charge in [0.25, 0.3) is 11.8 Å². The van der Waals surface area contributed by atoms with Gasteiger partial charge in [-0.15, -0.1) is 0 Å². The van der Waals surface area contributed by atoms with Crippen molar-refractivity contribution in [3.63, 3.8) is 0 Å². The third kappa shape index (κ3) is 3.47. The highest BCUT2D eigenvalue weighted by molar-refractivity contribution is 6.30. The second-order valence-electron chi connectivity index (χ2n) is 7.31. The first-order valence-corrected chi connectivity index (χ1v) is 10.2. The zero-order valence-electron chi connectivity index (χ0n) is 16.0. The van der Waals surface area contributed by atoms with Crippen LogP contribution in [0.1, 0.15) is 52.5 Å². The van der Waals surface area contributed by atoms with E-state index in [0.29, 0.717) is 22.7 Å². The van der Waals surface area contributed by atoms with Gasteiger partial charge in [-0.05, 0) is 62.1 Å². The quantitative estimate of drug-likeness (QED) is 0.846. The average molecular weight is 398 g/mol. The number of carbonyl (C=O) groups is 2. The van der Waals surface area contributed by atoms with Crippen LogP contribution in [0.2, 0.25) is 5.02 Å². The lowest BCUT2D eigenvalue weighted by atomic mass is 9.97. The lowest BCUT2D eigenvalue weighted by Crippen LogP contribution is -2.57. The summed E-state index contributed by atoms with van der Waals surface area (Å²) in [7, 11) is 0. The highest BCUT2D eigenvalue weighted by Crippen LogP contribution is 2.35. The molecule has 0 aliphatic carbocycles. The lowest BCUT2D eigenvalue weighted by molar-refractivity contribution is 0.0582. The van der Waals surface area contributed by atoms with Crippen molar-refractivity contribution in [2.24, 2.45) is 0 Å². The van der Waals surface area contributed by atoms with E-state index in [-0.39, 0.29) is 18.0 Å². The molecule has 146 valence electrons. The molecular formula is C22H24ClN3O2. The van der Waals surface area contributed by atoms with Gasteiger partial charge in [0.15, 0.2) is 0 Å². The van der Waals surface area contributed by atoms with E-state index in [1.165, 1.54) is 0 Å². The van der Waals surface area contributed by atoms with Crippen LogP contribution in [0, 0.1) is 0 Å². The molecule has 6 heteroatoms. The Hall–Kier alpha value is -2.53. The molecule has 2 aliphatic heterocycles. The van der Waals surface area contributed by atoms with Crippen molar-refractivity contribution < 1.29 is 9.59 Å². The molecule has 2 aliphatic rings. The van der Waals surface area contributed by atoms with Crippen molar-refractivity contribution in [1.29, 1.82) is 0 Å². The van der Waals surface area contributed by atoms with Gasteiger partial charge in [-0.1, -0.05) is 23.7 Å². The predicted octanol–water partition coefficient (Wildman–Crippen LogP) is 4.06. The van der Waals surface area contributed by atoms with Gasteiger partial charge < -0.3 is 15.1 Å². The summed E-state index contributed by atoms with van der Waals surface area (Å²) in [6.07, 6.45) is 3.26. The van der Waals surface area contributed by atoms with Crippen LogP contribution in [0.15, 0.2) is 42.5 Å². The van der Waals surface area contributed by atoms with Gasteiger partial charge in [0.05, 0.1) is 11.3 Å². The molecule has 2 aromatic rings. The van der Waals surface area contributed by atoms with Crippen LogP contribution in [0.5, 0.6) is 0 Å². The van der Waals surface area contributed by atoms with Gasteiger partial charge in [0.2, 0.25) is 0 Å². The van der Waals surface area contributed by atoms with Gasteiger partial charge >= 0.3 is 0 Å². The molecule has 1 saturated heterocycles. The maximum Gasteiger partial charge on any atom is 0.257 e. The minimum absolute atomic E-state index is 0.0790. The number of fused-ring (bicyclic) bond motifs is 2. The molecule has 0 saturated carbocycles. The SMILES string of the molecule is CCN1c2cc(C(=O)NCc3cccc(Cl)c3)ccc2C(=O)N2CCCC[C@@H]21. The van der Waals surface area contributed by atoms with Gasteiger partial charge in [0, 0.05) is 30.2 Å². The van der Waals surface area contributed by atoms with Crippen LogP contribution in [-0.2, 0) is 6.54 Å². The summed E-state index contributed by atoms with van der Waals surface area (Å²) in [5.74, 6) is -0.0763. The van der Waals surface area contributed by atoms with Crippen molar-refractivity contribution in [1.82, 2.24) is 10.2 Å². The Kier molecular flexibility index (Phi) is 5.27. The Balaban J connectivity index is 1.57. The molecule has 2 heterocycles. The molecule has 2 amide bonds. The summed E-state index contributed by atoms with van der Waals surface area (Å²) in [6.45, 7) is 4.11. The molecule has 4 rings (SSSR count). The highest BCUT2D eigenvalue weighted by Gasteiger charge is 2.38. The first-order valence-electron chi connectivity index (χ1n) is 9.83. The fourth-order valence-corrected chi connectivity index (χ4v) is 4.41.